The van der Waals surface area contributed by atoms with Crippen molar-refractivity contribution < 1.29 is 9.18 Å². The minimum atomic E-state index is -0.231. The van der Waals surface area contributed by atoms with E-state index in [9.17, 15) is 9.18 Å². The number of hydrogen-bond donors (Lipinski definition) is 2. The summed E-state index contributed by atoms with van der Waals surface area (Å²) in [6, 6.07) is 8.63. The first-order chi connectivity index (χ1) is 11.7. The van der Waals surface area contributed by atoms with E-state index in [4.69, 9.17) is 0 Å². The molecule has 2 heterocycles. The Labute approximate surface area is 153 Å². The minimum Gasteiger partial charge on any atom is -0.354 e. The van der Waals surface area contributed by atoms with Gasteiger partial charge in [-0.25, -0.2) is 4.39 Å². The monoisotopic (exact) mass is 366 g/mol. The molecule has 7 heteroatoms. The van der Waals surface area contributed by atoms with Crippen LogP contribution in [0, 0.1) is 5.82 Å². The normalized spacial score (nSPS) is 16.9. The number of benzene rings is 1. The maximum Gasteiger partial charge on any atom is 0.241 e. The first kappa shape index (κ1) is 19.4. The number of piperidine rings is 1. The lowest BCUT2D eigenvalue weighted by Crippen LogP contribution is -2.33. The summed E-state index contributed by atoms with van der Waals surface area (Å²) in [6.45, 7) is 2.61. The third-order valence-electron chi connectivity index (χ3n) is 4.43. The SMILES string of the molecule is Cl.O=C(Cn1nccc1C1CCCNC1)NCCc1ccccc1F. The molecule has 1 atom stereocenters. The maximum absolute atomic E-state index is 13.5. The fourth-order valence-corrected chi connectivity index (χ4v) is 3.16. The molecule has 0 aliphatic carbocycles. The smallest absolute Gasteiger partial charge is 0.241 e. The minimum absolute atomic E-state index is 0. The van der Waals surface area contributed by atoms with Crippen molar-refractivity contribution in [2.45, 2.75) is 31.7 Å². The van der Waals surface area contributed by atoms with E-state index in [1.54, 1.807) is 29.1 Å². The summed E-state index contributed by atoms with van der Waals surface area (Å²) in [5.41, 5.74) is 1.72. The molecule has 0 radical (unpaired) electrons. The summed E-state index contributed by atoms with van der Waals surface area (Å²) < 4.78 is 15.3. The molecule has 1 unspecified atom stereocenters. The topological polar surface area (TPSA) is 59.0 Å². The molecule has 0 saturated carbocycles. The predicted molar refractivity (Wildman–Crippen MR) is 97.4 cm³/mol. The number of nitrogens with zero attached hydrogens (tertiary/aromatic N) is 2. The van der Waals surface area contributed by atoms with Gasteiger partial charge in [-0.2, -0.15) is 5.10 Å². The van der Waals surface area contributed by atoms with Crippen LogP contribution in [0.5, 0.6) is 0 Å². The first-order valence-corrected chi connectivity index (χ1v) is 8.46. The van der Waals surface area contributed by atoms with Crippen molar-refractivity contribution in [1.29, 1.82) is 0 Å². The van der Waals surface area contributed by atoms with Crippen LogP contribution >= 0.6 is 12.4 Å². The van der Waals surface area contributed by atoms with Crippen LogP contribution in [0.15, 0.2) is 36.5 Å². The molecule has 3 rings (SSSR count). The molecule has 1 aromatic carbocycles. The van der Waals surface area contributed by atoms with Gasteiger partial charge in [0, 0.05) is 30.9 Å². The molecule has 0 spiro atoms. The molecule has 1 aromatic heterocycles. The largest absolute Gasteiger partial charge is 0.354 e. The third kappa shape index (κ3) is 5.28. The molecule has 2 N–H and O–H groups in total. The number of rotatable bonds is 6. The third-order valence-corrected chi connectivity index (χ3v) is 4.43. The number of amides is 1. The van der Waals surface area contributed by atoms with Crippen molar-refractivity contribution in [1.82, 2.24) is 20.4 Å². The molecule has 1 fully saturated rings. The van der Waals surface area contributed by atoms with E-state index >= 15 is 0 Å². The molecule has 1 aliphatic rings. The van der Waals surface area contributed by atoms with Crippen molar-refractivity contribution in [3.8, 4) is 0 Å². The van der Waals surface area contributed by atoms with Gasteiger partial charge in [0.15, 0.2) is 0 Å². The highest BCUT2D eigenvalue weighted by Crippen LogP contribution is 2.22. The molecule has 1 amide bonds. The lowest BCUT2D eigenvalue weighted by Gasteiger charge is -2.23. The Morgan fingerprint density at radius 3 is 2.96 bits per heavy atom. The molecule has 1 saturated heterocycles. The Bertz CT molecular complexity index is 685. The van der Waals surface area contributed by atoms with Crippen LogP contribution in [0.3, 0.4) is 0 Å². The fourth-order valence-electron chi connectivity index (χ4n) is 3.16. The van der Waals surface area contributed by atoms with Gasteiger partial charge >= 0.3 is 0 Å². The Hall–Kier alpha value is -1.92. The van der Waals surface area contributed by atoms with Gasteiger partial charge in [0.1, 0.15) is 12.4 Å². The highest BCUT2D eigenvalue weighted by molar-refractivity contribution is 5.85. The summed E-state index contributed by atoms with van der Waals surface area (Å²) >= 11 is 0. The molecular weight excluding hydrogens is 343 g/mol. The van der Waals surface area contributed by atoms with E-state index in [0.29, 0.717) is 24.4 Å². The number of carbonyl (C=O) groups is 1. The summed E-state index contributed by atoms with van der Waals surface area (Å²) in [5.74, 6) is 0.0819. The van der Waals surface area contributed by atoms with Crippen LogP contribution in [0.25, 0.3) is 0 Å². The van der Waals surface area contributed by atoms with Crippen LogP contribution in [-0.2, 0) is 17.8 Å². The van der Waals surface area contributed by atoms with Gasteiger partial charge < -0.3 is 10.6 Å². The second-order valence-electron chi connectivity index (χ2n) is 6.15. The zero-order chi connectivity index (χ0) is 16.8. The van der Waals surface area contributed by atoms with Crippen molar-refractivity contribution in [3.63, 3.8) is 0 Å². The van der Waals surface area contributed by atoms with Gasteiger partial charge in [-0.1, -0.05) is 18.2 Å². The van der Waals surface area contributed by atoms with Crippen molar-refractivity contribution in [2.24, 2.45) is 0 Å². The average molecular weight is 367 g/mol. The van der Waals surface area contributed by atoms with Crippen LogP contribution in [0.2, 0.25) is 0 Å². The Morgan fingerprint density at radius 2 is 2.20 bits per heavy atom. The molecule has 25 heavy (non-hydrogen) atoms. The molecule has 1 aliphatic heterocycles. The number of hydrogen-bond acceptors (Lipinski definition) is 3. The van der Waals surface area contributed by atoms with Gasteiger partial charge in [0.25, 0.3) is 0 Å². The van der Waals surface area contributed by atoms with E-state index in [2.05, 4.69) is 15.7 Å². The van der Waals surface area contributed by atoms with E-state index in [1.165, 1.54) is 6.07 Å². The van der Waals surface area contributed by atoms with Crippen LogP contribution < -0.4 is 10.6 Å². The second-order valence-corrected chi connectivity index (χ2v) is 6.15. The lowest BCUT2D eigenvalue weighted by atomic mass is 9.96. The standard InChI is InChI=1S/C18H23FN4O.ClH/c19-16-6-2-1-4-14(16)7-10-21-18(24)13-23-17(8-11-22-23)15-5-3-9-20-12-15;/h1-2,4,6,8,11,15,20H,3,5,7,9-10,12-13H2,(H,21,24);1H. The first-order valence-electron chi connectivity index (χ1n) is 8.46. The summed E-state index contributed by atoms with van der Waals surface area (Å²) in [7, 11) is 0. The van der Waals surface area contributed by atoms with E-state index in [-0.39, 0.29) is 30.7 Å². The highest BCUT2D eigenvalue weighted by atomic mass is 35.5. The van der Waals surface area contributed by atoms with Crippen LogP contribution in [0.1, 0.15) is 30.0 Å². The second kappa shape index (κ2) is 9.53. The Balaban J connectivity index is 0.00000225. The number of aromatic nitrogens is 2. The van der Waals surface area contributed by atoms with Crippen LogP contribution in [-0.4, -0.2) is 35.3 Å². The lowest BCUT2D eigenvalue weighted by molar-refractivity contribution is -0.121. The van der Waals surface area contributed by atoms with Crippen molar-refractivity contribution in [2.75, 3.05) is 19.6 Å². The van der Waals surface area contributed by atoms with Gasteiger partial charge in [0.05, 0.1) is 0 Å². The van der Waals surface area contributed by atoms with Gasteiger partial charge in [0.2, 0.25) is 5.91 Å². The molecular formula is C18H24ClFN4O. The average Bonchev–Trinajstić information content (AvgIpc) is 3.05. The molecule has 136 valence electrons. The fraction of sp³-hybridized carbons (Fsp3) is 0.444. The number of carbonyl (C=O) groups excluding carboxylic acids is 1. The summed E-state index contributed by atoms with van der Waals surface area (Å²) in [4.78, 5) is 12.1. The van der Waals surface area contributed by atoms with E-state index in [1.807, 2.05) is 6.07 Å². The number of halogens is 2. The van der Waals surface area contributed by atoms with E-state index < -0.39 is 0 Å². The summed E-state index contributed by atoms with van der Waals surface area (Å²) in [6.07, 6.45) is 4.49. The van der Waals surface area contributed by atoms with Crippen molar-refractivity contribution >= 4 is 18.3 Å². The van der Waals surface area contributed by atoms with Gasteiger partial charge in [-0.3, -0.25) is 9.48 Å². The Kier molecular flexibility index (Phi) is 7.40. The van der Waals surface area contributed by atoms with Gasteiger partial charge in [-0.15, -0.1) is 12.4 Å². The molecule has 2 aromatic rings. The van der Waals surface area contributed by atoms with E-state index in [0.717, 1.165) is 31.6 Å². The predicted octanol–water partition coefficient (Wildman–Crippen LogP) is 2.27. The zero-order valence-electron chi connectivity index (χ0n) is 14.1. The highest BCUT2D eigenvalue weighted by Gasteiger charge is 2.19. The maximum atomic E-state index is 13.5. The quantitative estimate of drug-likeness (QED) is 0.824. The molecule has 5 nitrogen and oxygen atoms in total. The Morgan fingerprint density at radius 1 is 1.36 bits per heavy atom. The summed E-state index contributed by atoms with van der Waals surface area (Å²) in [5, 5.41) is 10.5. The molecule has 0 bridgehead atoms. The van der Waals surface area contributed by atoms with Crippen LogP contribution in [0.4, 0.5) is 4.39 Å². The van der Waals surface area contributed by atoms with Gasteiger partial charge in [-0.05, 0) is 43.5 Å². The number of nitrogens with one attached hydrogen (secondary N) is 2. The zero-order valence-corrected chi connectivity index (χ0v) is 14.9. The van der Waals surface area contributed by atoms with Crippen molar-refractivity contribution in [3.05, 3.63) is 53.6 Å².